The SMILES string of the molecule is Nc1ccc(SCC(=O)Nc2nc(-c3cccs3)cs2)cc1. The van der Waals surface area contributed by atoms with E-state index in [0.29, 0.717) is 10.9 Å². The van der Waals surface area contributed by atoms with E-state index in [2.05, 4.69) is 10.3 Å². The summed E-state index contributed by atoms with van der Waals surface area (Å²) in [5, 5.41) is 7.43. The topological polar surface area (TPSA) is 68.0 Å². The Balaban J connectivity index is 1.54. The van der Waals surface area contributed by atoms with Gasteiger partial charge >= 0.3 is 0 Å². The van der Waals surface area contributed by atoms with E-state index in [1.165, 1.54) is 23.1 Å². The minimum absolute atomic E-state index is 0.0612. The smallest absolute Gasteiger partial charge is 0.236 e. The minimum atomic E-state index is -0.0612. The van der Waals surface area contributed by atoms with Crippen LogP contribution < -0.4 is 11.1 Å². The van der Waals surface area contributed by atoms with E-state index < -0.39 is 0 Å². The van der Waals surface area contributed by atoms with Crippen molar-refractivity contribution in [3.05, 3.63) is 47.2 Å². The lowest BCUT2D eigenvalue weighted by atomic mass is 10.3. The number of nitrogen functional groups attached to an aromatic ring is 1. The molecule has 0 bridgehead atoms. The first kappa shape index (κ1) is 15.1. The van der Waals surface area contributed by atoms with Gasteiger partial charge in [-0.3, -0.25) is 4.79 Å². The predicted octanol–water partition coefficient (Wildman–Crippen LogP) is 4.18. The first-order valence-electron chi connectivity index (χ1n) is 6.48. The molecule has 7 heteroatoms. The van der Waals surface area contributed by atoms with Gasteiger partial charge < -0.3 is 11.1 Å². The molecule has 3 N–H and O–H groups in total. The normalized spacial score (nSPS) is 10.5. The number of carbonyl (C=O) groups excluding carboxylic acids is 1. The third-order valence-corrected chi connectivity index (χ3v) is 5.44. The molecule has 0 aliphatic rings. The number of amides is 1. The van der Waals surface area contributed by atoms with Crippen molar-refractivity contribution >= 4 is 51.2 Å². The minimum Gasteiger partial charge on any atom is -0.399 e. The van der Waals surface area contributed by atoms with Gasteiger partial charge in [-0.15, -0.1) is 34.4 Å². The van der Waals surface area contributed by atoms with Crippen LogP contribution in [0.1, 0.15) is 0 Å². The van der Waals surface area contributed by atoms with Crippen molar-refractivity contribution in [2.75, 3.05) is 16.8 Å². The first-order chi connectivity index (χ1) is 10.7. The van der Waals surface area contributed by atoms with Gasteiger partial charge in [0.25, 0.3) is 0 Å². The highest BCUT2D eigenvalue weighted by atomic mass is 32.2. The van der Waals surface area contributed by atoms with Gasteiger partial charge in [0.2, 0.25) is 5.91 Å². The maximum absolute atomic E-state index is 12.0. The number of benzene rings is 1. The summed E-state index contributed by atoms with van der Waals surface area (Å²) in [5.74, 6) is 0.284. The van der Waals surface area contributed by atoms with Crippen LogP contribution >= 0.6 is 34.4 Å². The molecule has 22 heavy (non-hydrogen) atoms. The van der Waals surface area contributed by atoms with E-state index in [0.717, 1.165) is 21.2 Å². The molecule has 0 aliphatic heterocycles. The van der Waals surface area contributed by atoms with Gasteiger partial charge in [0.1, 0.15) is 0 Å². The zero-order chi connectivity index (χ0) is 15.4. The molecule has 2 heterocycles. The van der Waals surface area contributed by atoms with Gasteiger partial charge in [-0.2, -0.15) is 0 Å². The Labute approximate surface area is 140 Å². The molecular weight excluding hydrogens is 334 g/mol. The molecule has 0 spiro atoms. The largest absolute Gasteiger partial charge is 0.399 e. The van der Waals surface area contributed by atoms with E-state index >= 15 is 0 Å². The van der Waals surface area contributed by atoms with E-state index in [4.69, 9.17) is 5.73 Å². The molecule has 1 aromatic carbocycles. The monoisotopic (exact) mass is 347 g/mol. The Kier molecular flexibility index (Phi) is 4.77. The van der Waals surface area contributed by atoms with Gasteiger partial charge in [0.05, 0.1) is 16.3 Å². The summed E-state index contributed by atoms with van der Waals surface area (Å²) in [7, 11) is 0. The second-order valence-corrected chi connectivity index (χ2v) is 7.28. The fourth-order valence-electron chi connectivity index (χ4n) is 1.74. The molecule has 0 saturated heterocycles. The lowest BCUT2D eigenvalue weighted by Crippen LogP contribution is -2.13. The molecule has 0 unspecified atom stereocenters. The Bertz CT molecular complexity index is 751. The van der Waals surface area contributed by atoms with Crippen LogP contribution in [0.15, 0.2) is 52.1 Å². The van der Waals surface area contributed by atoms with Crippen molar-refractivity contribution in [2.24, 2.45) is 0 Å². The number of carbonyl (C=O) groups is 1. The lowest BCUT2D eigenvalue weighted by Gasteiger charge is -2.02. The van der Waals surface area contributed by atoms with Crippen LogP contribution in [-0.2, 0) is 4.79 Å². The van der Waals surface area contributed by atoms with Crippen LogP contribution in [0.4, 0.5) is 10.8 Å². The van der Waals surface area contributed by atoms with Gasteiger partial charge in [0.15, 0.2) is 5.13 Å². The Hall–Kier alpha value is -1.83. The van der Waals surface area contributed by atoms with Crippen molar-refractivity contribution in [2.45, 2.75) is 4.90 Å². The average Bonchev–Trinajstić information content (AvgIpc) is 3.17. The summed E-state index contributed by atoms with van der Waals surface area (Å²) in [6.07, 6.45) is 0. The van der Waals surface area contributed by atoms with Crippen molar-refractivity contribution in [3.63, 3.8) is 0 Å². The molecule has 0 fully saturated rings. The van der Waals surface area contributed by atoms with Crippen molar-refractivity contribution in [1.29, 1.82) is 0 Å². The number of aromatic nitrogens is 1. The summed E-state index contributed by atoms with van der Waals surface area (Å²) in [5.41, 5.74) is 7.26. The zero-order valence-corrected chi connectivity index (χ0v) is 13.9. The molecule has 4 nitrogen and oxygen atoms in total. The fourth-order valence-corrected chi connectivity index (χ4v) is 3.92. The molecule has 1 amide bonds. The predicted molar refractivity (Wildman–Crippen MR) is 95.6 cm³/mol. The summed E-state index contributed by atoms with van der Waals surface area (Å²) < 4.78 is 0. The van der Waals surface area contributed by atoms with Gasteiger partial charge in [0, 0.05) is 16.0 Å². The number of nitrogens with zero attached hydrogens (tertiary/aromatic N) is 1. The molecule has 0 saturated carbocycles. The highest BCUT2D eigenvalue weighted by Gasteiger charge is 2.09. The van der Waals surface area contributed by atoms with Crippen molar-refractivity contribution in [1.82, 2.24) is 4.98 Å². The van der Waals surface area contributed by atoms with Crippen LogP contribution in [0.2, 0.25) is 0 Å². The summed E-state index contributed by atoms with van der Waals surface area (Å²) in [6.45, 7) is 0. The lowest BCUT2D eigenvalue weighted by molar-refractivity contribution is -0.113. The second-order valence-electron chi connectivity index (χ2n) is 4.42. The Morgan fingerprint density at radius 2 is 2.05 bits per heavy atom. The number of nitrogens with two attached hydrogens (primary N) is 1. The molecule has 3 aromatic rings. The van der Waals surface area contributed by atoms with E-state index in [1.54, 1.807) is 11.3 Å². The number of nitrogens with one attached hydrogen (secondary N) is 1. The van der Waals surface area contributed by atoms with Gasteiger partial charge in [-0.05, 0) is 35.7 Å². The van der Waals surface area contributed by atoms with Crippen LogP contribution in [0.25, 0.3) is 10.6 Å². The number of hydrogen-bond donors (Lipinski definition) is 2. The number of rotatable bonds is 5. The molecule has 0 aliphatic carbocycles. The maximum atomic E-state index is 12.0. The zero-order valence-electron chi connectivity index (χ0n) is 11.5. The van der Waals surface area contributed by atoms with E-state index in [-0.39, 0.29) is 5.91 Å². The number of hydrogen-bond acceptors (Lipinski definition) is 6. The van der Waals surface area contributed by atoms with Crippen LogP contribution in [0, 0.1) is 0 Å². The van der Waals surface area contributed by atoms with Gasteiger partial charge in [-0.1, -0.05) is 6.07 Å². The highest BCUT2D eigenvalue weighted by Crippen LogP contribution is 2.28. The highest BCUT2D eigenvalue weighted by molar-refractivity contribution is 8.00. The summed E-state index contributed by atoms with van der Waals surface area (Å²) in [6, 6.07) is 11.5. The van der Waals surface area contributed by atoms with E-state index in [1.807, 2.05) is 47.2 Å². The number of thiophene rings is 1. The fraction of sp³-hybridized carbons (Fsp3) is 0.0667. The second kappa shape index (κ2) is 6.95. The van der Waals surface area contributed by atoms with Crippen LogP contribution in [0.3, 0.4) is 0 Å². The number of thioether (sulfide) groups is 1. The Morgan fingerprint density at radius 1 is 1.23 bits per heavy atom. The van der Waals surface area contributed by atoms with Crippen LogP contribution in [-0.4, -0.2) is 16.6 Å². The maximum Gasteiger partial charge on any atom is 0.236 e. The van der Waals surface area contributed by atoms with Crippen LogP contribution in [0.5, 0.6) is 0 Å². The summed E-state index contributed by atoms with van der Waals surface area (Å²) >= 11 is 4.54. The number of thiazole rings is 1. The first-order valence-corrected chi connectivity index (χ1v) is 9.23. The van der Waals surface area contributed by atoms with Crippen molar-refractivity contribution in [3.8, 4) is 10.6 Å². The molecule has 2 aromatic heterocycles. The van der Waals surface area contributed by atoms with Crippen molar-refractivity contribution < 1.29 is 4.79 Å². The third-order valence-electron chi connectivity index (χ3n) is 2.77. The third kappa shape index (κ3) is 3.88. The molecule has 0 radical (unpaired) electrons. The van der Waals surface area contributed by atoms with Gasteiger partial charge in [-0.25, -0.2) is 4.98 Å². The summed E-state index contributed by atoms with van der Waals surface area (Å²) in [4.78, 5) is 18.5. The average molecular weight is 347 g/mol. The molecular formula is C15H13N3OS3. The molecule has 3 rings (SSSR count). The quantitative estimate of drug-likeness (QED) is 0.536. The Morgan fingerprint density at radius 3 is 2.77 bits per heavy atom. The molecule has 112 valence electrons. The standard InChI is InChI=1S/C15H13N3OS3/c16-10-3-5-11(6-4-10)21-9-14(19)18-15-17-12(8-22-15)13-2-1-7-20-13/h1-8H,9,16H2,(H,17,18,19). The number of anilines is 2. The molecule has 0 atom stereocenters. The van der Waals surface area contributed by atoms with E-state index in [9.17, 15) is 4.79 Å².